The first-order chi connectivity index (χ1) is 8.79. The van der Waals surface area contributed by atoms with Gasteiger partial charge in [0, 0.05) is 23.3 Å². The van der Waals surface area contributed by atoms with Crippen molar-refractivity contribution in [2.45, 2.75) is 19.9 Å². The standard InChI is InChI=1S/C13H17N3OS/c1-2-6-17-12-8-10(3-4-11(12)14)16-9-13-15-5-7-18-13/h3-5,7-8,16H,2,6,9,14H2,1H3. The highest BCUT2D eigenvalue weighted by molar-refractivity contribution is 7.09. The smallest absolute Gasteiger partial charge is 0.144 e. The molecule has 0 aliphatic heterocycles. The zero-order chi connectivity index (χ0) is 12.8. The maximum absolute atomic E-state index is 5.86. The van der Waals surface area contributed by atoms with Gasteiger partial charge in [0.1, 0.15) is 10.8 Å². The summed E-state index contributed by atoms with van der Waals surface area (Å²) in [6.07, 6.45) is 2.77. The van der Waals surface area contributed by atoms with Gasteiger partial charge in [-0.2, -0.15) is 0 Å². The Balaban J connectivity index is 2.00. The molecule has 3 N–H and O–H groups in total. The average molecular weight is 263 g/mol. The van der Waals surface area contributed by atoms with Gasteiger partial charge in [-0.25, -0.2) is 4.98 Å². The number of aromatic nitrogens is 1. The van der Waals surface area contributed by atoms with Crippen LogP contribution in [0, 0.1) is 0 Å². The van der Waals surface area contributed by atoms with Crippen molar-refractivity contribution in [2.24, 2.45) is 0 Å². The third-order valence-corrected chi connectivity index (χ3v) is 3.18. The fourth-order valence-electron chi connectivity index (χ4n) is 1.50. The van der Waals surface area contributed by atoms with E-state index in [9.17, 15) is 0 Å². The molecule has 0 amide bonds. The summed E-state index contributed by atoms with van der Waals surface area (Å²) < 4.78 is 5.59. The number of benzene rings is 1. The molecule has 0 bridgehead atoms. The van der Waals surface area contributed by atoms with Crippen LogP contribution >= 0.6 is 11.3 Å². The van der Waals surface area contributed by atoms with Crippen molar-refractivity contribution in [3.05, 3.63) is 34.8 Å². The molecular weight excluding hydrogens is 246 g/mol. The van der Waals surface area contributed by atoms with Crippen molar-refractivity contribution in [3.8, 4) is 5.75 Å². The Kier molecular flexibility index (Phi) is 4.41. The number of nitrogen functional groups attached to an aromatic ring is 1. The number of nitrogens with two attached hydrogens (primary N) is 1. The van der Waals surface area contributed by atoms with E-state index in [0.717, 1.165) is 29.4 Å². The minimum Gasteiger partial charge on any atom is -0.491 e. The molecule has 4 nitrogen and oxygen atoms in total. The predicted octanol–water partition coefficient (Wildman–Crippen LogP) is 3.13. The summed E-state index contributed by atoms with van der Waals surface area (Å²) in [4.78, 5) is 4.22. The van der Waals surface area contributed by atoms with Gasteiger partial charge in [0.05, 0.1) is 18.8 Å². The van der Waals surface area contributed by atoms with E-state index in [2.05, 4.69) is 17.2 Å². The van der Waals surface area contributed by atoms with Crippen LogP contribution in [0.15, 0.2) is 29.8 Å². The van der Waals surface area contributed by atoms with E-state index in [-0.39, 0.29) is 0 Å². The molecule has 0 fully saturated rings. The second kappa shape index (κ2) is 6.26. The number of nitrogens with one attached hydrogen (secondary N) is 1. The van der Waals surface area contributed by atoms with Crippen molar-refractivity contribution in [1.29, 1.82) is 0 Å². The monoisotopic (exact) mass is 263 g/mol. The van der Waals surface area contributed by atoms with Crippen LogP contribution in [0.3, 0.4) is 0 Å². The fourth-order valence-corrected chi connectivity index (χ4v) is 2.06. The zero-order valence-corrected chi connectivity index (χ0v) is 11.2. The summed E-state index contributed by atoms with van der Waals surface area (Å²) in [5.41, 5.74) is 7.52. The Labute approximate surface area is 111 Å². The van der Waals surface area contributed by atoms with Crippen molar-refractivity contribution in [3.63, 3.8) is 0 Å². The molecule has 0 atom stereocenters. The lowest BCUT2D eigenvalue weighted by atomic mass is 10.2. The molecule has 1 heterocycles. The Morgan fingerprint density at radius 2 is 2.33 bits per heavy atom. The lowest BCUT2D eigenvalue weighted by Gasteiger charge is -2.11. The van der Waals surface area contributed by atoms with Gasteiger partial charge in [0.15, 0.2) is 0 Å². The normalized spacial score (nSPS) is 10.3. The van der Waals surface area contributed by atoms with Crippen LogP contribution in [0.2, 0.25) is 0 Å². The quantitative estimate of drug-likeness (QED) is 0.786. The third-order valence-electron chi connectivity index (χ3n) is 2.40. The average Bonchev–Trinajstić information content (AvgIpc) is 2.89. The van der Waals surface area contributed by atoms with Crippen LogP contribution in [0.5, 0.6) is 5.75 Å². The highest BCUT2D eigenvalue weighted by atomic mass is 32.1. The Hall–Kier alpha value is -1.75. The zero-order valence-electron chi connectivity index (χ0n) is 10.3. The molecule has 0 aliphatic carbocycles. The molecule has 1 aromatic heterocycles. The molecule has 0 saturated carbocycles. The number of rotatable bonds is 6. The van der Waals surface area contributed by atoms with Crippen LogP contribution in [0.4, 0.5) is 11.4 Å². The third kappa shape index (κ3) is 3.37. The highest BCUT2D eigenvalue weighted by Crippen LogP contribution is 2.26. The van der Waals surface area contributed by atoms with Gasteiger partial charge < -0.3 is 15.8 Å². The van der Waals surface area contributed by atoms with Crippen LogP contribution in [-0.4, -0.2) is 11.6 Å². The SMILES string of the molecule is CCCOc1cc(NCc2nccs2)ccc1N. The maximum atomic E-state index is 5.86. The Morgan fingerprint density at radius 1 is 1.44 bits per heavy atom. The van der Waals surface area contributed by atoms with Gasteiger partial charge in [0.25, 0.3) is 0 Å². The molecule has 0 saturated heterocycles. The summed E-state index contributed by atoms with van der Waals surface area (Å²) >= 11 is 1.63. The molecule has 5 heteroatoms. The van der Waals surface area contributed by atoms with E-state index >= 15 is 0 Å². The molecule has 0 aliphatic rings. The molecule has 0 unspecified atom stereocenters. The molecular formula is C13H17N3OS. The number of thiazole rings is 1. The molecule has 96 valence electrons. The first kappa shape index (κ1) is 12.7. The van der Waals surface area contributed by atoms with Gasteiger partial charge in [-0.15, -0.1) is 11.3 Å². The first-order valence-electron chi connectivity index (χ1n) is 5.94. The summed E-state index contributed by atoms with van der Waals surface area (Å²) in [6, 6.07) is 5.73. The predicted molar refractivity (Wildman–Crippen MR) is 76.1 cm³/mol. The van der Waals surface area contributed by atoms with Crippen molar-refractivity contribution < 1.29 is 4.74 Å². The minimum atomic E-state index is 0.670. The van der Waals surface area contributed by atoms with E-state index < -0.39 is 0 Å². The second-order valence-corrected chi connectivity index (χ2v) is 4.86. The topological polar surface area (TPSA) is 60.2 Å². The number of nitrogens with zero attached hydrogens (tertiary/aromatic N) is 1. The molecule has 0 spiro atoms. The summed E-state index contributed by atoms with van der Waals surface area (Å²) in [5, 5.41) is 6.33. The van der Waals surface area contributed by atoms with Gasteiger partial charge >= 0.3 is 0 Å². The van der Waals surface area contributed by atoms with Gasteiger partial charge in [0.2, 0.25) is 0 Å². The summed E-state index contributed by atoms with van der Waals surface area (Å²) in [6.45, 7) is 3.47. The molecule has 0 radical (unpaired) electrons. The molecule has 18 heavy (non-hydrogen) atoms. The van der Waals surface area contributed by atoms with E-state index in [1.54, 1.807) is 17.5 Å². The fraction of sp³-hybridized carbons (Fsp3) is 0.308. The Bertz CT molecular complexity index is 485. The van der Waals surface area contributed by atoms with Crippen LogP contribution in [-0.2, 0) is 6.54 Å². The van der Waals surface area contributed by atoms with E-state index in [4.69, 9.17) is 10.5 Å². The molecule has 2 rings (SSSR count). The van der Waals surface area contributed by atoms with Crippen LogP contribution in [0.1, 0.15) is 18.4 Å². The lowest BCUT2D eigenvalue weighted by Crippen LogP contribution is -2.02. The largest absolute Gasteiger partial charge is 0.491 e. The number of hydrogen-bond donors (Lipinski definition) is 2. The first-order valence-corrected chi connectivity index (χ1v) is 6.82. The molecule has 2 aromatic rings. The van der Waals surface area contributed by atoms with Gasteiger partial charge in [-0.3, -0.25) is 0 Å². The maximum Gasteiger partial charge on any atom is 0.144 e. The van der Waals surface area contributed by atoms with E-state index in [0.29, 0.717) is 12.3 Å². The lowest BCUT2D eigenvalue weighted by molar-refractivity contribution is 0.319. The van der Waals surface area contributed by atoms with Gasteiger partial charge in [-0.05, 0) is 18.6 Å². The highest BCUT2D eigenvalue weighted by Gasteiger charge is 2.02. The van der Waals surface area contributed by atoms with Crippen LogP contribution in [0.25, 0.3) is 0 Å². The van der Waals surface area contributed by atoms with E-state index in [1.165, 1.54) is 0 Å². The summed E-state index contributed by atoms with van der Waals surface area (Å²) in [7, 11) is 0. The summed E-state index contributed by atoms with van der Waals surface area (Å²) in [5.74, 6) is 0.737. The van der Waals surface area contributed by atoms with Gasteiger partial charge in [-0.1, -0.05) is 6.92 Å². The van der Waals surface area contributed by atoms with Crippen molar-refractivity contribution in [1.82, 2.24) is 4.98 Å². The number of hydrogen-bond acceptors (Lipinski definition) is 5. The molecule has 1 aromatic carbocycles. The minimum absolute atomic E-state index is 0.670. The second-order valence-electron chi connectivity index (χ2n) is 3.88. The van der Waals surface area contributed by atoms with Crippen molar-refractivity contribution >= 4 is 22.7 Å². The van der Waals surface area contributed by atoms with E-state index in [1.807, 2.05) is 23.6 Å². The number of ether oxygens (including phenoxy) is 1. The number of anilines is 2. The van der Waals surface area contributed by atoms with Crippen molar-refractivity contribution in [2.75, 3.05) is 17.7 Å². The van der Waals surface area contributed by atoms with Crippen LogP contribution < -0.4 is 15.8 Å². The Morgan fingerprint density at radius 3 is 3.06 bits per heavy atom.